The molecule has 1 aromatic carbocycles. The quantitative estimate of drug-likeness (QED) is 0.755. The van der Waals surface area contributed by atoms with Crippen molar-refractivity contribution in [2.45, 2.75) is 13.0 Å². The molecule has 7 heteroatoms. The third-order valence-corrected chi connectivity index (χ3v) is 4.30. The SMILES string of the molecule is O=S(=O)(CCCOc1ccc(F)cc1)NCc1ccncc1. The molecule has 0 atom stereocenters. The lowest BCUT2D eigenvalue weighted by atomic mass is 10.3. The lowest BCUT2D eigenvalue weighted by Gasteiger charge is -2.08. The number of nitrogens with one attached hydrogen (secondary N) is 1. The molecule has 2 aromatic rings. The van der Waals surface area contributed by atoms with Crippen molar-refractivity contribution in [2.75, 3.05) is 12.4 Å². The zero-order valence-electron chi connectivity index (χ0n) is 11.9. The van der Waals surface area contributed by atoms with E-state index >= 15 is 0 Å². The maximum Gasteiger partial charge on any atom is 0.212 e. The lowest BCUT2D eigenvalue weighted by Crippen LogP contribution is -2.26. The summed E-state index contributed by atoms with van der Waals surface area (Å²) >= 11 is 0. The molecule has 0 aliphatic carbocycles. The number of pyridine rings is 1. The number of aromatic nitrogens is 1. The van der Waals surface area contributed by atoms with Crippen molar-refractivity contribution in [1.29, 1.82) is 0 Å². The minimum Gasteiger partial charge on any atom is -0.494 e. The topological polar surface area (TPSA) is 68.3 Å². The van der Waals surface area contributed by atoms with Crippen LogP contribution in [0.15, 0.2) is 48.8 Å². The van der Waals surface area contributed by atoms with E-state index in [0.29, 0.717) is 12.2 Å². The smallest absolute Gasteiger partial charge is 0.212 e. The van der Waals surface area contributed by atoms with Crippen LogP contribution in [0, 0.1) is 5.82 Å². The zero-order chi connectivity index (χ0) is 15.8. The molecule has 0 amide bonds. The first-order valence-corrected chi connectivity index (χ1v) is 8.45. The van der Waals surface area contributed by atoms with Crippen LogP contribution < -0.4 is 9.46 Å². The number of nitrogens with zero attached hydrogens (tertiary/aromatic N) is 1. The standard InChI is InChI=1S/C15H17FN2O3S/c16-14-2-4-15(5-3-14)21-10-1-11-22(19,20)18-12-13-6-8-17-9-7-13/h2-9,18H,1,10-12H2. The number of benzene rings is 1. The van der Waals surface area contributed by atoms with Gasteiger partial charge in [0.1, 0.15) is 11.6 Å². The minimum atomic E-state index is -3.35. The maximum absolute atomic E-state index is 12.7. The molecule has 0 spiro atoms. The summed E-state index contributed by atoms with van der Waals surface area (Å²) in [7, 11) is -3.35. The Morgan fingerprint density at radius 1 is 1.09 bits per heavy atom. The van der Waals surface area contributed by atoms with E-state index < -0.39 is 10.0 Å². The fourth-order valence-electron chi connectivity index (χ4n) is 1.74. The number of ether oxygens (including phenoxy) is 1. The summed E-state index contributed by atoms with van der Waals surface area (Å²) in [6.07, 6.45) is 3.57. The maximum atomic E-state index is 12.7. The molecular weight excluding hydrogens is 307 g/mol. The molecule has 0 saturated heterocycles. The summed E-state index contributed by atoms with van der Waals surface area (Å²) in [4.78, 5) is 3.87. The molecule has 118 valence electrons. The first-order chi connectivity index (χ1) is 10.6. The van der Waals surface area contributed by atoms with E-state index in [2.05, 4.69) is 9.71 Å². The summed E-state index contributed by atoms with van der Waals surface area (Å²) in [5, 5.41) is 0. The highest BCUT2D eigenvalue weighted by Crippen LogP contribution is 2.11. The summed E-state index contributed by atoms with van der Waals surface area (Å²) in [5.74, 6) is 0.151. The fraction of sp³-hybridized carbons (Fsp3) is 0.267. The largest absolute Gasteiger partial charge is 0.494 e. The van der Waals surface area contributed by atoms with Crippen molar-refractivity contribution in [3.8, 4) is 5.75 Å². The van der Waals surface area contributed by atoms with Crippen molar-refractivity contribution in [3.05, 3.63) is 60.2 Å². The van der Waals surface area contributed by atoms with E-state index in [1.165, 1.54) is 24.3 Å². The highest BCUT2D eigenvalue weighted by atomic mass is 32.2. The molecule has 0 radical (unpaired) electrons. The Kier molecular flexibility index (Phi) is 5.85. The molecule has 1 N–H and O–H groups in total. The van der Waals surface area contributed by atoms with E-state index in [1.54, 1.807) is 24.5 Å². The molecule has 22 heavy (non-hydrogen) atoms. The Morgan fingerprint density at radius 2 is 1.77 bits per heavy atom. The van der Waals surface area contributed by atoms with Gasteiger partial charge in [-0.3, -0.25) is 4.98 Å². The van der Waals surface area contributed by atoms with Crippen LogP contribution in [0.2, 0.25) is 0 Å². The van der Waals surface area contributed by atoms with Gasteiger partial charge in [-0.15, -0.1) is 0 Å². The number of sulfonamides is 1. The first kappa shape index (κ1) is 16.4. The Balaban J connectivity index is 1.70. The van der Waals surface area contributed by atoms with Crippen molar-refractivity contribution in [3.63, 3.8) is 0 Å². The molecular formula is C15H17FN2O3S. The van der Waals surface area contributed by atoms with Crippen LogP contribution in [0.5, 0.6) is 5.75 Å². The van der Waals surface area contributed by atoms with Gasteiger partial charge >= 0.3 is 0 Å². The second-order valence-corrected chi connectivity index (χ2v) is 6.58. The predicted molar refractivity (Wildman–Crippen MR) is 81.4 cm³/mol. The first-order valence-electron chi connectivity index (χ1n) is 6.80. The molecule has 0 aliphatic rings. The number of hydrogen-bond donors (Lipinski definition) is 1. The summed E-state index contributed by atoms with van der Waals surface area (Å²) < 4.78 is 44.2. The van der Waals surface area contributed by atoms with Gasteiger partial charge in [-0.1, -0.05) is 0 Å². The van der Waals surface area contributed by atoms with Crippen LogP contribution in [-0.2, 0) is 16.6 Å². The number of hydrogen-bond acceptors (Lipinski definition) is 4. The van der Waals surface area contributed by atoms with Crippen LogP contribution >= 0.6 is 0 Å². The Labute approximate surface area is 129 Å². The monoisotopic (exact) mass is 324 g/mol. The number of rotatable bonds is 8. The van der Waals surface area contributed by atoms with Crippen LogP contribution in [0.3, 0.4) is 0 Å². The fourth-order valence-corrected chi connectivity index (χ4v) is 2.76. The van der Waals surface area contributed by atoms with Gasteiger partial charge in [0.05, 0.1) is 12.4 Å². The zero-order valence-corrected chi connectivity index (χ0v) is 12.7. The molecule has 5 nitrogen and oxygen atoms in total. The Morgan fingerprint density at radius 3 is 2.45 bits per heavy atom. The summed E-state index contributed by atoms with van der Waals surface area (Å²) in [6, 6.07) is 9.10. The highest BCUT2D eigenvalue weighted by Gasteiger charge is 2.09. The van der Waals surface area contributed by atoms with Gasteiger partial charge in [-0.25, -0.2) is 17.5 Å². The van der Waals surface area contributed by atoms with E-state index in [9.17, 15) is 12.8 Å². The molecule has 2 rings (SSSR count). The molecule has 0 aliphatic heterocycles. The second-order valence-electron chi connectivity index (χ2n) is 4.65. The van der Waals surface area contributed by atoms with Crippen molar-refractivity contribution in [2.24, 2.45) is 0 Å². The average Bonchev–Trinajstić information content (AvgIpc) is 2.52. The third kappa shape index (κ3) is 5.79. The molecule has 0 fully saturated rings. The van der Waals surface area contributed by atoms with Gasteiger partial charge in [-0.2, -0.15) is 0 Å². The molecule has 1 aromatic heterocycles. The van der Waals surface area contributed by atoms with Gasteiger partial charge in [0.2, 0.25) is 10.0 Å². The molecule has 1 heterocycles. The molecule has 0 saturated carbocycles. The van der Waals surface area contributed by atoms with E-state index in [1.807, 2.05) is 0 Å². The number of halogens is 1. The van der Waals surface area contributed by atoms with Crippen LogP contribution in [0.25, 0.3) is 0 Å². The van der Waals surface area contributed by atoms with Crippen LogP contribution in [0.4, 0.5) is 4.39 Å². The molecule has 0 unspecified atom stereocenters. The normalized spacial score (nSPS) is 11.3. The van der Waals surface area contributed by atoms with Crippen molar-refractivity contribution < 1.29 is 17.5 Å². The van der Waals surface area contributed by atoms with E-state index in [4.69, 9.17) is 4.74 Å². The Hall–Kier alpha value is -1.99. The van der Waals surface area contributed by atoms with Gasteiger partial charge in [0, 0.05) is 18.9 Å². The van der Waals surface area contributed by atoms with Gasteiger partial charge in [0.25, 0.3) is 0 Å². The van der Waals surface area contributed by atoms with Crippen molar-refractivity contribution >= 4 is 10.0 Å². The van der Waals surface area contributed by atoms with E-state index in [0.717, 1.165) is 5.56 Å². The van der Waals surface area contributed by atoms with Gasteiger partial charge in [0.15, 0.2) is 0 Å². The van der Waals surface area contributed by atoms with Crippen LogP contribution in [0.1, 0.15) is 12.0 Å². The highest BCUT2D eigenvalue weighted by molar-refractivity contribution is 7.89. The van der Waals surface area contributed by atoms with Gasteiger partial charge in [-0.05, 0) is 48.4 Å². The van der Waals surface area contributed by atoms with E-state index in [-0.39, 0.29) is 24.7 Å². The van der Waals surface area contributed by atoms with Crippen LogP contribution in [-0.4, -0.2) is 25.8 Å². The minimum absolute atomic E-state index is 0.0285. The average molecular weight is 324 g/mol. The molecule has 0 bridgehead atoms. The predicted octanol–water partition coefficient (Wildman–Crippen LogP) is 2.11. The summed E-state index contributed by atoms with van der Waals surface area (Å²) in [5.41, 5.74) is 0.848. The summed E-state index contributed by atoms with van der Waals surface area (Å²) in [6.45, 7) is 0.492. The Bertz CT molecular complexity index is 676. The second kappa shape index (κ2) is 7.86. The lowest BCUT2D eigenvalue weighted by molar-refractivity contribution is 0.317. The van der Waals surface area contributed by atoms with Gasteiger partial charge < -0.3 is 4.74 Å². The van der Waals surface area contributed by atoms with Crippen molar-refractivity contribution in [1.82, 2.24) is 9.71 Å². The third-order valence-electron chi connectivity index (χ3n) is 2.89.